The number of hydrogen-bond acceptors (Lipinski definition) is 4. The van der Waals surface area contributed by atoms with E-state index >= 15 is 0 Å². The first-order chi connectivity index (χ1) is 15.2. The second kappa shape index (κ2) is 6.53. The molecule has 2 aromatic carbocycles. The van der Waals surface area contributed by atoms with Gasteiger partial charge in [0.15, 0.2) is 0 Å². The van der Waals surface area contributed by atoms with E-state index in [1.54, 1.807) is 12.4 Å². The maximum Gasteiger partial charge on any atom is 0.127 e. The first kappa shape index (κ1) is 17.4. The van der Waals surface area contributed by atoms with Crippen LogP contribution in [-0.4, -0.2) is 35.5 Å². The van der Waals surface area contributed by atoms with Crippen molar-refractivity contribution in [1.82, 2.24) is 30.4 Å². The molecule has 0 aliphatic rings. The summed E-state index contributed by atoms with van der Waals surface area (Å²) in [4.78, 5) is 7.81. The van der Waals surface area contributed by atoms with Gasteiger partial charge in [0.05, 0.1) is 23.1 Å². The van der Waals surface area contributed by atoms with Crippen LogP contribution in [0.4, 0.5) is 4.39 Å². The molecule has 4 N–H and O–H groups in total. The van der Waals surface area contributed by atoms with Gasteiger partial charge in [0.1, 0.15) is 17.3 Å². The standard InChI is InChI=1S/C23H15FN6O/c24-15-5-13(6-16(31)8-15)22-18-9-21(28-19(18)3-4-25-22)23-17-7-12(14-10-26-27-11-14)1-2-20(17)29-30-23/h1-11,28,31H,(H,26,27)(H,29,30). The zero-order chi connectivity index (χ0) is 20.9. The number of aromatic nitrogens is 6. The number of benzene rings is 2. The van der Waals surface area contributed by atoms with Gasteiger partial charge < -0.3 is 10.1 Å². The number of H-pyrrole nitrogens is 3. The maximum atomic E-state index is 13.9. The summed E-state index contributed by atoms with van der Waals surface area (Å²) in [5.41, 5.74) is 6.42. The molecule has 0 spiro atoms. The first-order valence-corrected chi connectivity index (χ1v) is 9.61. The van der Waals surface area contributed by atoms with Crippen LogP contribution in [0.25, 0.3) is 55.6 Å². The molecule has 7 nitrogen and oxygen atoms in total. The van der Waals surface area contributed by atoms with Gasteiger partial charge in [-0.25, -0.2) is 4.39 Å². The number of rotatable bonds is 3. The number of nitrogens with one attached hydrogen (secondary N) is 3. The van der Waals surface area contributed by atoms with Crippen LogP contribution >= 0.6 is 0 Å². The molecule has 6 aromatic rings. The highest BCUT2D eigenvalue weighted by Crippen LogP contribution is 2.35. The molecule has 31 heavy (non-hydrogen) atoms. The molecule has 0 aliphatic carbocycles. The van der Waals surface area contributed by atoms with Gasteiger partial charge in [0, 0.05) is 45.9 Å². The summed E-state index contributed by atoms with van der Waals surface area (Å²) >= 11 is 0. The van der Waals surface area contributed by atoms with E-state index in [4.69, 9.17) is 0 Å². The summed E-state index contributed by atoms with van der Waals surface area (Å²) in [6.07, 6.45) is 5.27. The van der Waals surface area contributed by atoms with Crippen molar-refractivity contribution in [1.29, 1.82) is 0 Å². The van der Waals surface area contributed by atoms with Gasteiger partial charge in [0.2, 0.25) is 0 Å². The summed E-state index contributed by atoms with van der Waals surface area (Å²) < 4.78 is 13.9. The van der Waals surface area contributed by atoms with Crippen LogP contribution in [0.2, 0.25) is 0 Å². The van der Waals surface area contributed by atoms with Crippen molar-refractivity contribution in [3.05, 3.63) is 72.9 Å². The molecule has 0 fully saturated rings. The van der Waals surface area contributed by atoms with E-state index in [0.29, 0.717) is 11.3 Å². The van der Waals surface area contributed by atoms with Gasteiger partial charge in [-0.15, -0.1) is 0 Å². The molecule has 0 amide bonds. The molecule has 0 radical (unpaired) electrons. The Morgan fingerprint density at radius 1 is 0.839 bits per heavy atom. The highest BCUT2D eigenvalue weighted by molar-refractivity contribution is 6.00. The first-order valence-electron chi connectivity index (χ1n) is 9.61. The van der Waals surface area contributed by atoms with E-state index in [9.17, 15) is 9.50 Å². The smallest absolute Gasteiger partial charge is 0.127 e. The third-order valence-electron chi connectivity index (χ3n) is 5.35. The van der Waals surface area contributed by atoms with E-state index in [2.05, 4.69) is 36.4 Å². The molecule has 0 saturated heterocycles. The van der Waals surface area contributed by atoms with E-state index in [0.717, 1.165) is 50.4 Å². The summed E-state index contributed by atoms with van der Waals surface area (Å²) in [5, 5.41) is 26.0. The summed E-state index contributed by atoms with van der Waals surface area (Å²) in [7, 11) is 0. The fourth-order valence-corrected chi connectivity index (χ4v) is 3.93. The van der Waals surface area contributed by atoms with Gasteiger partial charge in [-0.2, -0.15) is 10.2 Å². The zero-order valence-electron chi connectivity index (χ0n) is 16.0. The minimum Gasteiger partial charge on any atom is -0.508 e. The van der Waals surface area contributed by atoms with Crippen molar-refractivity contribution in [2.75, 3.05) is 0 Å². The highest BCUT2D eigenvalue weighted by atomic mass is 19.1. The van der Waals surface area contributed by atoms with Crippen LogP contribution in [0.5, 0.6) is 5.75 Å². The molecular weight excluding hydrogens is 395 g/mol. The van der Waals surface area contributed by atoms with Gasteiger partial charge in [-0.05, 0) is 42.0 Å². The average Bonchev–Trinajstić information content (AvgIpc) is 3.50. The average molecular weight is 410 g/mol. The normalized spacial score (nSPS) is 11.5. The minimum absolute atomic E-state index is 0.144. The molecule has 0 saturated carbocycles. The number of hydrogen-bond donors (Lipinski definition) is 4. The molecule has 8 heteroatoms. The maximum absolute atomic E-state index is 13.9. The van der Waals surface area contributed by atoms with Crippen molar-refractivity contribution >= 4 is 21.8 Å². The second-order valence-corrected chi connectivity index (χ2v) is 7.32. The second-order valence-electron chi connectivity index (χ2n) is 7.32. The van der Waals surface area contributed by atoms with Crippen molar-refractivity contribution in [3.63, 3.8) is 0 Å². The van der Waals surface area contributed by atoms with Crippen LogP contribution < -0.4 is 0 Å². The molecule has 0 aliphatic heterocycles. The Balaban J connectivity index is 1.53. The molecule has 150 valence electrons. The van der Waals surface area contributed by atoms with Crippen LogP contribution in [0, 0.1) is 5.82 Å². The topological polar surface area (TPSA) is 106 Å². The SMILES string of the molecule is Oc1cc(F)cc(-c2nccc3[nH]c(-c4n[nH]c5ccc(-c6cn[nH]c6)cc45)cc23)c1. The van der Waals surface area contributed by atoms with E-state index in [-0.39, 0.29) is 5.75 Å². The van der Waals surface area contributed by atoms with Crippen molar-refractivity contribution < 1.29 is 9.50 Å². The lowest BCUT2D eigenvalue weighted by Gasteiger charge is -2.03. The Morgan fingerprint density at radius 3 is 2.58 bits per heavy atom. The van der Waals surface area contributed by atoms with Crippen molar-refractivity contribution in [2.45, 2.75) is 0 Å². The Kier molecular flexibility index (Phi) is 3.66. The van der Waals surface area contributed by atoms with Crippen LogP contribution in [0.1, 0.15) is 0 Å². The largest absolute Gasteiger partial charge is 0.508 e. The van der Waals surface area contributed by atoms with Gasteiger partial charge in [-0.1, -0.05) is 6.07 Å². The molecule has 0 bridgehead atoms. The monoisotopic (exact) mass is 410 g/mol. The summed E-state index contributed by atoms with van der Waals surface area (Å²) in [6.45, 7) is 0. The molecule has 4 aromatic heterocycles. The molecular formula is C23H15FN6O. The fraction of sp³-hybridized carbons (Fsp3) is 0. The lowest BCUT2D eigenvalue weighted by atomic mass is 10.0. The predicted octanol–water partition coefficient (Wildman–Crippen LogP) is 5.01. The predicted molar refractivity (Wildman–Crippen MR) is 116 cm³/mol. The van der Waals surface area contributed by atoms with E-state index < -0.39 is 5.82 Å². The Labute approximate surface area is 174 Å². The van der Waals surface area contributed by atoms with Crippen LogP contribution in [-0.2, 0) is 0 Å². The summed E-state index contributed by atoms with van der Waals surface area (Å²) in [6, 6.07) is 13.8. The number of aromatic hydroxyl groups is 1. The molecule has 0 atom stereocenters. The van der Waals surface area contributed by atoms with Crippen molar-refractivity contribution in [2.24, 2.45) is 0 Å². The number of halogens is 1. The van der Waals surface area contributed by atoms with Crippen molar-refractivity contribution in [3.8, 4) is 39.5 Å². The Hall–Kier alpha value is -4.46. The van der Waals surface area contributed by atoms with E-state index in [1.807, 2.05) is 30.5 Å². The Morgan fingerprint density at radius 2 is 1.74 bits per heavy atom. The third kappa shape index (κ3) is 2.84. The van der Waals surface area contributed by atoms with Crippen LogP contribution in [0.15, 0.2) is 67.1 Å². The number of nitrogens with zero attached hydrogens (tertiary/aromatic N) is 3. The van der Waals surface area contributed by atoms with Gasteiger partial charge in [-0.3, -0.25) is 15.2 Å². The van der Waals surface area contributed by atoms with E-state index in [1.165, 1.54) is 12.1 Å². The molecule has 6 rings (SSSR count). The molecule has 4 heterocycles. The fourth-order valence-electron chi connectivity index (χ4n) is 3.93. The number of phenolic OH excluding ortho intramolecular Hbond substituents is 1. The van der Waals surface area contributed by atoms with Gasteiger partial charge in [0.25, 0.3) is 0 Å². The highest BCUT2D eigenvalue weighted by Gasteiger charge is 2.15. The summed E-state index contributed by atoms with van der Waals surface area (Å²) in [5.74, 6) is -0.663. The zero-order valence-corrected chi connectivity index (χ0v) is 16.0. The third-order valence-corrected chi connectivity index (χ3v) is 5.35. The Bertz CT molecular complexity index is 1540. The quantitative estimate of drug-likeness (QED) is 0.329. The number of aromatic amines is 3. The lowest BCUT2D eigenvalue weighted by molar-refractivity contribution is 0.469. The lowest BCUT2D eigenvalue weighted by Crippen LogP contribution is -1.85. The van der Waals surface area contributed by atoms with Gasteiger partial charge >= 0.3 is 0 Å². The number of pyridine rings is 1. The minimum atomic E-state index is -0.519. The van der Waals surface area contributed by atoms with Crippen LogP contribution in [0.3, 0.4) is 0 Å². The number of phenols is 1. The number of fused-ring (bicyclic) bond motifs is 2. The molecule has 0 unspecified atom stereocenters.